The second-order valence-corrected chi connectivity index (χ2v) is 4.84. The highest BCUT2D eigenvalue weighted by Gasteiger charge is 2.12. The van der Waals surface area contributed by atoms with Crippen molar-refractivity contribution < 1.29 is 0 Å². The normalized spacial score (nSPS) is 13.5. The monoisotopic (exact) mass is 297 g/mol. The van der Waals surface area contributed by atoms with Crippen LogP contribution >= 0.6 is 43.2 Å². The third-order valence-corrected chi connectivity index (χ3v) is 5.18. The van der Waals surface area contributed by atoms with E-state index < -0.39 is 0 Å². The fourth-order valence-corrected chi connectivity index (χ4v) is 3.14. The number of thiophene rings is 1. The minimum atomic E-state index is 0.167. The van der Waals surface area contributed by atoms with Crippen molar-refractivity contribution in [2.24, 2.45) is 5.73 Å². The largest absolute Gasteiger partial charge is 0.323 e. The van der Waals surface area contributed by atoms with Crippen molar-refractivity contribution in [2.45, 2.75) is 19.4 Å². The molecule has 0 saturated heterocycles. The van der Waals surface area contributed by atoms with Crippen molar-refractivity contribution in [1.29, 1.82) is 0 Å². The lowest BCUT2D eigenvalue weighted by Gasteiger charge is -2.05. The highest BCUT2D eigenvalue weighted by Crippen LogP contribution is 2.36. The lowest BCUT2D eigenvalue weighted by Crippen LogP contribution is -2.06. The third-order valence-electron chi connectivity index (χ3n) is 1.49. The van der Waals surface area contributed by atoms with Gasteiger partial charge in [-0.3, -0.25) is 0 Å². The molecule has 0 amide bonds. The molecule has 0 aliphatic heterocycles. The summed E-state index contributed by atoms with van der Waals surface area (Å²) in [6, 6.07) is 0.167. The summed E-state index contributed by atoms with van der Waals surface area (Å²) in [7, 11) is 0. The summed E-state index contributed by atoms with van der Waals surface area (Å²) < 4.78 is 2.21. The van der Waals surface area contributed by atoms with Crippen LogP contribution in [0.4, 0.5) is 0 Å². The molecule has 1 aromatic rings. The van der Waals surface area contributed by atoms with Crippen molar-refractivity contribution >= 4 is 43.2 Å². The Morgan fingerprint density at radius 3 is 2.64 bits per heavy atom. The van der Waals surface area contributed by atoms with Gasteiger partial charge in [0.1, 0.15) is 0 Å². The predicted octanol–water partition coefficient (Wildman–Crippen LogP) is 3.68. The zero-order valence-electron chi connectivity index (χ0n) is 6.10. The summed E-state index contributed by atoms with van der Waals surface area (Å²) in [4.78, 5) is 1.22. The van der Waals surface area contributed by atoms with Gasteiger partial charge in [0.25, 0.3) is 0 Å². The first kappa shape index (κ1) is 9.71. The van der Waals surface area contributed by atoms with Gasteiger partial charge in [0.05, 0.1) is 0 Å². The molecule has 0 unspecified atom stereocenters. The van der Waals surface area contributed by atoms with Crippen molar-refractivity contribution in [3.05, 3.63) is 19.2 Å². The molecule has 0 fully saturated rings. The Balaban J connectivity index is 2.94. The van der Waals surface area contributed by atoms with Crippen LogP contribution in [0.2, 0.25) is 0 Å². The summed E-state index contributed by atoms with van der Waals surface area (Å²) in [6.45, 7) is 2.09. The van der Waals surface area contributed by atoms with Crippen molar-refractivity contribution in [3.63, 3.8) is 0 Å². The smallest absolute Gasteiger partial charge is 0.0472 e. The highest BCUT2D eigenvalue weighted by atomic mass is 79.9. The van der Waals surface area contributed by atoms with Crippen LogP contribution < -0.4 is 5.73 Å². The van der Waals surface area contributed by atoms with Gasteiger partial charge in [-0.1, -0.05) is 6.92 Å². The van der Waals surface area contributed by atoms with Crippen LogP contribution in [-0.4, -0.2) is 0 Å². The SMILES string of the molecule is CC[C@H](N)c1scc(Br)c1Br. The molecule has 0 aliphatic carbocycles. The van der Waals surface area contributed by atoms with Gasteiger partial charge < -0.3 is 5.73 Å². The van der Waals surface area contributed by atoms with Crippen LogP contribution in [0, 0.1) is 0 Å². The Bertz CT molecular complexity index is 247. The number of halogens is 2. The van der Waals surface area contributed by atoms with E-state index in [-0.39, 0.29) is 6.04 Å². The van der Waals surface area contributed by atoms with E-state index in [4.69, 9.17) is 5.73 Å². The first-order chi connectivity index (χ1) is 5.16. The molecule has 0 radical (unpaired) electrons. The second-order valence-electron chi connectivity index (χ2n) is 2.28. The van der Waals surface area contributed by atoms with Crippen molar-refractivity contribution in [3.8, 4) is 0 Å². The first-order valence-electron chi connectivity index (χ1n) is 3.34. The molecule has 62 valence electrons. The van der Waals surface area contributed by atoms with Crippen LogP contribution in [0.5, 0.6) is 0 Å². The second kappa shape index (κ2) is 4.03. The molecule has 1 rings (SSSR count). The molecule has 0 saturated carbocycles. The summed E-state index contributed by atoms with van der Waals surface area (Å²) in [5, 5.41) is 2.05. The Morgan fingerprint density at radius 1 is 1.64 bits per heavy atom. The molecule has 0 bridgehead atoms. The summed E-state index contributed by atoms with van der Waals surface area (Å²) in [6.07, 6.45) is 0.978. The van der Waals surface area contributed by atoms with E-state index in [1.54, 1.807) is 11.3 Å². The van der Waals surface area contributed by atoms with Gasteiger partial charge >= 0.3 is 0 Å². The maximum atomic E-state index is 5.87. The van der Waals surface area contributed by atoms with E-state index in [9.17, 15) is 0 Å². The summed E-state index contributed by atoms with van der Waals surface area (Å²) >= 11 is 8.59. The van der Waals surface area contributed by atoms with E-state index in [1.807, 2.05) is 0 Å². The van der Waals surface area contributed by atoms with E-state index in [0.29, 0.717) is 0 Å². The predicted molar refractivity (Wildman–Crippen MR) is 56.9 cm³/mol. The maximum absolute atomic E-state index is 5.87. The fourth-order valence-electron chi connectivity index (χ4n) is 0.772. The van der Waals surface area contributed by atoms with Crippen LogP contribution in [0.15, 0.2) is 14.3 Å². The first-order valence-corrected chi connectivity index (χ1v) is 5.81. The van der Waals surface area contributed by atoms with Gasteiger partial charge in [0, 0.05) is 25.2 Å². The Labute approximate surface area is 87.2 Å². The fraction of sp³-hybridized carbons (Fsp3) is 0.429. The van der Waals surface area contributed by atoms with Gasteiger partial charge in [-0.15, -0.1) is 11.3 Å². The van der Waals surface area contributed by atoms with Gasteiger partial charge in [-0.25, -0.2) is 0 Å². The number of nitrogens with two attached hydrogens (primary N) is 1. The van der Waals surface area contributed by atoms with Crippen LogP contribution in [0.1, 0.15) is 24.3 Å². The molecule has 0 aromatic carbocycles. The van der Waals surface area contributed by atoms with Gasteiger partial charge in [-0.2, -0.15) is 0 Å². The molecule has 1 atom stereocenters. The zero-order chi connectivity index (χ0) is 8.43. The molecule has 11 heavy (non-hydrogen) atoms. The van der Waals surface area contributed by atoms with Crippen LogP contribution in [0.25, 0.3) is 0 Å². The van der Waals surface area contributed by atoms with Gasteiger partial charge in [-0.05, 0) is 38.3 Å². The molecule has 1 aromatic heterocycles. The molecule has 1 heterocycles. The Morgan fingerprint density at radius 2 is 2.27 bits per heavy atom. The Hall–Kier alpha value is 0.620. The lowest BCUT2D eigenvalue weighted by atomic mass is 10.2. The minimum absolute atomic E-state index is 0.167. The molecule has 0 spiro atoms. The molecule has 4 heteroatoms. The zero-order valence-corrected chi connectivity index (χ0v) is 10.1. The van der Waals surface area contributed by atoms with Gasteiger partial charge in [0.15, 0.2) is 0 Å². The third kappa shape index (κ3) is 2.05. The molecule has 0 aliphatic rings. The van der Waals surface area contributed by atoms with E-state index in [2.05, 4.69) is 44.2 Å². The molecular formula is C7H9Br2NS. The van der Waals surface area contributed by atoms with E-state index in [0.717, 1.165) is 15.4 Å². The average molecular weight is 299 g/mol. The average Bonchev–Trinajstić information content (AvgIpc) is 2.32. The van der Waals surface area contributed by atoms with E-state index >= 15 is 0 Å². The number of hydrogen-bond acceptors (Lipinski definition) is 2. The maximum Gasteiger partial charge on any atom is 0.0472 e. The topological polar surface area (TPSA) is 26.0 Å². The quantitative estimate of drug-likeness (QED) is 0.885. The van der Waals surface area contributed by atoms with Gasteiger partial charge in [0.2, 0.25) is 0 Å². The highest BCUT2D eigenvalue weighted by molar-refractivity contribution is 9.13. The summed E-state index contributed by atoms with van der Waals surface area (Å²) in [5.41, 5.74) is 5.87. The van der Waals surface area contributed by atoms with Crippen molar-refractivity contribution in [1.82, 2.24) is 0 Å². The number of rotatable bonds is 2. The molecule has 1 nitrogen and oxygen atoms in total. The van der Waals surface area contributed by atoms with Crippen molar-refractivity contribution in [2.75, 3.05) is 0 Å². The minimum Gasteiger partial charge on any atom is -0.323 e. The standard InChI is InChI=1S/C7H9Br2NS/c1-2-5(10)7-6(9)4(8)3-11-7/h3,5H,2,10H2,1H3/t5-/m0/s1. The molecular weight excluding hydrogens is 290 g/mol. The van der Waals surface area contributed by atoms with E-state index in [1.165, 1.54) is 4.88 Å². The lowest BCUT2D eigenvalue weighted by molar-refractivity contribution is 0.709. The molecule has 2 N–H and O–H groups in total. The number of hydrogen-bond donors (Lipinski definition) is 1. The van der Waals surface area contributed by atoms with Crippen LogP contribution in [-0.2, 0) is 0 Å². The summed E-state index contributed by atoms with van der Waals surface area (Å²) in [5.74, 6) is 0. The Kier molecular flexibility index (Phi) is 3.55. The van der Waals surface area contributed by atoms with Crippen LogP contribution in [0.3, 0.4) is 0 Å².